The zero-order chi connectivity index (χ0) is 41.7. The summed E-state index contributed by atoms with van der Waals surface area (Å²) in [7, 11) is 0. The van der Waals surface area contributed by atoms with Crippen molar-refractivity contribution in [2.45, 2.75) is 161 Å². The van der Waals surface area contributed by atoms with Crippen molar-refractivity contribution >= 4 is 51.6 Å². The summed E-state index contributed by atoms with van der Waals surface area (Å²) >= 11 is 0. The molecule has 3 N–H and O–H groups in total. The number of amides is 3. The highest BCUT2D eigenvalue weighted by Crippen LogP contribution is 2.37. The number of nitrogens with zero attached hydrogens (tertiary/aromatic N) is 1. The van der Waals surface area contributed by atoms with E-state index in [1.54, 1.807) is 4.90 Å². The fourth-order valence-electron chi connectivity index (χ4n) is 8.62. The average molecular weight is 788 g/mol. The lowest BCUT2D eigenvalue weighted by Gasteiger charge is -2.34. The van der Waals surface area contributed by atoms with E-state index in [2.05, 4.69) is 5.32 Å². The van der Waals surface area contributed by atoms with Crippen molar-refractivity contribution in [2.24, 2.45) is 23.5 Å². The van der Waals surface area contributed by atoms with Gasteiger partial charge in [-0.15, -0.1) is 0 Å². The molecule has 4 rings (SSSR count). The zero-order valence-electron chi connectivity index (χ0n) is 34.8. The van der Waals surface area contributed by atoms with Gasteiger partial charge in [0.15, 0.2) is 11.6 Å². The number of hydrogen-bond donors (Lipinski definition) is 2. The van der Waals surface area contributed by atoms with Gasteiger partial charge in [-0.3, -0.25) is 33.6 Å². The summed E-state index contributed by atoms with van der Waals surface area (Å²) in [5, 5.41) is 4.71. The number of carbonyl (C=O) groups excluding carboxylic acids is 7. The van der Waals surface area contributed by atoms with E-state index < -0.39 is 59.0 Å². The Hall–Kier alpha value is -4.25. The van der Waals surface area contributed by atoms with Gasteiger partial charge in [0.25, 0.3) is 0 Å². The van der Waals surface area contributed by atoms with Gasteiger partial charge in [-0.2, -0.15) is 0 Å². The molecule has 2 aromatic rings. The SMILES string of the molecule is CCCCC(NC(=O)CCC(=O)C(=O)C(CCC)CC(=O)[C@@H]1C[C@@H](OC(C)(C)C)CN1C(=O)C(CC(=O)Cc1ccc2ccccc2c1)C1CCCCC1)C(N)=O. The predicted octanol–water partition coefficient (Wildman–Crippen LogP) is 6.78. The second-order valence-corrected chi connectivity index (χ2v) is 17.3. The molecule has 11 heteroatoms. The van der Waals surface area contributed by atoms with E-state index in [9.17, 15) is 33.6 Å². The van der Waals surface area contributed by atoms with Crippen LogP contribution < -0.4 is 11.1 Å². The van der Waals surface area contributed by atoms with Gasteiger partial charge in [0.05, 0.1) is 17.7 Å². The molecule has 57 heavy (non-hydrogen) atoms. The number of nitrogens with two attached hydrogens (primary N) is 1. The van der Waals surface area contributed by atoms with Gasteiger partial charge in [0.1, 0.15) is 11.8 Å². The number of likely N-dealkylation sites (tertiary alicyclic amines) is 1. The topological polar surface area (TPSA) is 170 Å². The van der Waals surface area contributed by atoms with Crippen molar-refractivity contribution in [1.29, 1.82) is 0 Å². The summed E-state index contributed by atoms with van der Waals surface area (Å²) in [4.78, 5) is 95.6. The Morgan fingerprint density at radius 3 is 2.23 bits per heavy atom. The van der Waals surface area contributed by atoms with Crippen molar-refractivity contribution in [3.8, 4) is 0 Å². The largest absolute Gasteiger partial charge is 0.371 e. The molecule has 3 unspecified atom stereocenters. The Morgan fingerprint density at radius 2 is 1.58 bits per heavy atom. The van der Waals surface area contributed by atoms with E-state index in [1.807, 2.05) is 77.1 Å². The van der Waals surface area contributed by atoms with Crippen molar-refractivity contribution in [1.82, 2.24) is 10.2 Å². The number of fused-ring (bicyclic) bond motifs is 1. The molecule has 1 heterocycles. The molecule has 5 atom stereocenters. The maximum absolute atomic E-state index is 14.8. The van der Waals surface area contributed by atoms with Crippen LogP contribution in [0.25, 0.3) is 10.8 Å². The molecular weight excluding hydrogens is 723 g/mol. The minimum absolute atomic E-state index is 0.0132. The first-order valence-electron chi connectivity index (χ1n) is 21.3. The fraction of sp³-hybridized carbons (Fsp3) is 0.630. The van der Waals surface area contributed by atoms with E-state index >= 15 is 0 Å². The average Bonchev–Trinajstić information content (AvgIpc) is 3.59. The molecule has 312 valence electrons. The van der Waals surface area contributed by atoms with E-state index in [0.29, 0.717) is 25.7 Å². The molecule has 2 aliphatic rings. The molecule has 2 fully saturated rings. The van der Waals surface area contributed by atoms with Crippen LogP contribution in [0.2, 0.25) is 0 Å². The predicted molar refractivity (Wildman–Crippen MR) is 220 cm³/mol. The molecule has 1 saturated heterocycles. The van der Waals surface area contributed by atoms with Crippen LogP contribution in [0.4, 0.5) is 0 Å². The zero-order valence-corrected chi connectivity index (χ0v) is 34.8. The van der Waals surface area contributed by atoms with E-state index in [0.717, 1.165) is 54.9 Å². The third kappa shape index (κ3) is 13.7. The monoisotopic (exact) mass is 787 g/mol. The molecule has 11 nitrogen and oxygen atoms in total. The molecule has 3 amide bonds. The summed E-state index contributed by atoms with van der Waals surface area (Å²) in [6.07, 6.45) is 6.69. The van der Waals surface area contributed by atoms with E-state index in [-0.39, 0.29) is 68.5 Å². The Labute approximate surface area is 338 Å². The number of unbranched alkanes of at least 4 members (excludes halogenated alkanes) is 1. The Kier molecular flexibility index (Phi) is 17.1. The number of Topliss-reactive ketones (excluding diaryl/α,β-unsaturated/α-hetero) is 4. The number of nitrogens with one attached hydrogen (secondary N) is 1. The minimum atomic E-state index is -0.904. The Balaban J connectivity index is 1.50. The number of rotatable bonds is 22. The number of primary amides is 1. The Morgan fingerprint density at radius 1 is 0.877 bits per heavy atom. The normalized spacial score (nSPS) is 19.1. The van der Waals surface area contributed by atoms with Crippen molar-refractivity contribution < 1.29 is 38.3 Å². The number of carbonyl (C=O) groups is 7. The van der Waals surface area contributed by atoms with Crippen LogP contribution >= 0.6 is 0 Å². The lowest BCUT2D eigenvalue weighted by Crippen LogP contribution is -2.47. The summed E-state index contributed by atoms with van der Waals surface area (Å²) in [5.41, 5.74) is 5.79. The molecule has 0 aromatic heterocycles. The van der Waals surface area contributed by atoms with Gasteiger partial charge in [0.2, 0.25) is 23.5 Å². The molecule has 1 aliphatic carbocycles. The maximum atomic E-state index is 14.8. The number of ether oxygens (including phenoxy) is 1. The van der Waals surface area contributed by atoms with Crippen molar-refractivity contribution in [3.05, 3.63) is 48.0 Å². The quantitative estimate of drug-likeness (QED) is 0.123. The summed E-state index contributed by atoms with van der Waals surface area (Å²) in [5.74, 6) is -4.71. The molecule has 0 radical (unpaired) electrons. The first-order valence-corrected chi connectivity index (χ1v) is 21.3. The minimum Gasteiger partial charge on any atom is -0.371 e. The summed E-state index contributed by atoms with van der Waals surface area (Å²) in [6, 6.07) is 12.3. The third-order valence-corrected chi connectivity index (χ3v) is 11.5. The van der Waals surface area contributed by atoms with Crippen molar-refractivity contribution in [2.75, 3.05) is 6.54 Å². The highest BCUT2D eigenvalue weighted by atomic mass is 16.5. The lowest BCUT2D eigenvalue weighted by atomic mass is 9.76. The molecule has 0 spiro atoms. The second kappa shape index (κ2) is 21.5. The Bertz CT molecular complexity index is 1740. The first-order chi connectivity index (χ1) is 27.1. The number of benzene rings is 2. The second-order valence-electron chi connectivity index (χ2n) is 17.3. The highest BCUT2D eigenvalue weighted by Gasteiger charge is 2.45. The van der Waals surface area contributed by atoms with Crippen molar-refractivity contribution in [3.63, 3.8) is 0 Å². The fourth-order valence-corrected chi connectivity index (χ4v) is 8.62. The summed E-state index contributed by atoms with van der Waals surface area (Å²) in [6.45, 7) is 9.78. The first kappa shape index (κ1) is 45.5. The van der Waals surface area contributed by atoms with Gasteiger partial charge in [-0.25, -0.2) is 0 Å². The standard InChI is InChI=1S/C46H65N3O8/c1-6-8-19-38(44(47)55)48-42(53)23-22-40(51)43(54)34(14-7-2)26-41(52)39-28-36(57-46(3,4)5)29-49(39)45(56)37(32-16-10-9-11-17-32)27-35(50)25-30-20-21-31-15-12-13-18-33(31)24-30/h12-13,15,18,20-21,24,32,34,36-39H,6-11,14,16-17,19,22-23,25-29H2,1-5H3,(H2,47,55)(H,48,53)/t34?,36-,37?,38?,39+/m1/s1. The third-order valence-electron chi connectivity index (χ3n) is 11.5. The number of hydrogen-bond acceptors (Lipinski definition) is 8. The van der Waals surface area contributed by atoms with Crippen LogP contribution in [0, 0.1) is 17.8 Å². The highest BCUT2D eigenvalue weighted by molar-refractivity contribution is 6.38. The van der Waals surface area contributed by atoms with Gasteiger partial charge in [-0.05, 0) is 68.7 Å². The van der Waals surface area contributed by atoms with Gasteiger partial charge >= 0.3 is 0 Å². The maximum Gasteiger partial charge on any atom is 0.239 e. The number of ketones is 4. The molecule has 1 aliphatic heterocycles. The molecule has 0 bridgehead atoms. The molecular formula is C46H65N3O8. The summed E-state index contributed by atoms with van der Waals surface area (Å²) < 4.78 is 6.34. The van der Waals surface area contributed by atoms with E-state index in [1.165, 1.54) is 0 Å². The van der Waals surface area contributed by atoms with Crippen LogP contribution in [-0.4, -0.2) is 76.1 Å². The van der Waals surface area contributed by atoms with Crippen LogP contribution in [-0.2, 0) is 44.7 Å². The van der Waals surface area contributed by atoms with Gasteiger partial charge in [0, 0.05) is 56.9 Å². The molecule has 1 saturated carbocycles. The smallest absolute Gasteiger partial charge is 0.239 e. The lowest BCUT2D eigenvalue weighted by molar-refractivity contribution is -0.146. The molecule has 2 aromatic carbocycles. The van der Waals surface area contributed by atoms with Gasteiger partial charge in [-0.1, -0.05) is 94.8 Å². The van der Waals surface area contributed by atoms with Crippen LogP contribution in [0.15, 0.2) is 42.5 Å². The van der Waals surface area contributed by atoms with Crippen LogP contribution in [0.3, 0.4) is 0 Å². The van der Waals surface area contributed by atoms with E-state index in [4.69, 9.17) is 10.5 Å². The van der Waals surface area contributed by atoms with Crippen LogP contribution in [0.1, 0.15) is 136 Å². The van der Waals surface area contributed by atoms with Crippen LogP contribution in [0.5, 0.6) is 0 Å². The van der Waals surface area contributed by atoms with Gasteiger partial charge < -0.3 is 20.7 Å².